The number of nitrogens with zero attached hydrogens (tertiary/aromatic N) is 2. The van der Waals surface area contributed by atoms with Crippen LogP contribution >= 0.6 is 11.3 Å². The molecule has 4 nitrogen and oxygen atoms in total. The molecule has 2 heterocycles. The van der Waals surface area contributed by atoms with Crippen LogP contribution in [0.2, 0.25) is 0 Å². The largest absolute Gasteiger partial charge is 0.389 e. The van der Waals surface area contributed by atoms with Crippen molar-refractivity contribution in [2.75, 3.05) is 0 Å². The maximum Gasteiger partial charge on any atom is 0.193 e. The lowest BCUT2D eigenvalue weighted by Gasteiger charge is -2.34. The van der Waals surface area contributed by atoms with Crippen molar-refractivity contribution in [1.29, 1.82) is 0 Å². The first-order valence-electron chi connectivity index (χ1n) is 6.04. The first-order valence-corrected chi connectivity index (χ1v) is 6.92. The van der Waals surface area contributed by atoms with E-state index in [1.807, 2.05) is 22.2 Å². The second-order valence-corrected chi connectivity index (χ2v) is 5.94. The molecule has 3 rings (SSSR count). The van der Waals surface area contributed by atoms with E-state index in [4.69, 9.17) is 5.73 Å². The number of aliphatic hydroxyl groups is 1. The lowest BCUT2D eigenvalue weighted by atomic mass is 9.80. The van der Waals surface area contributed by atoms with Gasteiger partial charge in [0.25, 0.3) is 0 Å². The maximum absolute atomic E-state index is 10.5. The van der Waals surface area contributed by atoms with Crippen LogP contribution in [-0.2, 0) is 6.42 Å². The van der Waals surface area contributed by atoms with Crippen molar-refractivity contribution in [3.63, 3.8) is 0 Å². The van der Waals surface area contributed by atoms with Crippen LogP contribution in [0.4, 0.5) is 0 Å². The minimum atomic E-state index is -0.597. The third-order valence-corrected chi connectivity index (χ3v) is 4.39. The van der Waals surface area contributed by atoms with Crippen LogP contribution in [0.25, 0.3) is 4.96 Å². The molecule has 0 aromatic carbocycles. The van der Waals surface area contributed by atoms with Gasteiger partial charge < -0.3 is 10.8 Å². The summed E-state index contributed by atoms with van der Waals surface area (Å²) < 4.78 is 2.01. The fraction of sp³-hybridized carbons (Fsp3) is 0.583. The summed E-state index contributed by atoms with van der Waals surface area (Å²) in [5.74, 6) is 0. The van der Waals surface area contributed by atoms with E-state index >= 15 is 0 Å². The Bertz CT molecular complexity index is 482. The predicted molar refractivity (Wildman–Crippen MR) is 68.2 cm³/mol. The van der Waals surface area contributed by atoms with Crippen molar-refractivity contribution in [2.24, 2.45) is 5.73 Å². The van der Waals surface area contributed by atoms with Crippen molar-refractivity contribution in [3.05, 3.63) is 23.5 Å². The summed E-state index contributed by atoms with van der Waals surface area (Å²) in [6.07, 6.45) is 8.07. The first-order chi connectivity index (χ1) is 8.15. The molecule has 0 radical (unpaired) electrons. The second-order valence-electron chi connectivity index (χ2n) is 5.06. The van der Waals surface area contributed by atoms with Crippen LogP contribution in [0.1, 0.15) is 31.4 Å². The van der Waals surface area contributed by atoms with Gasteiger partial charge in [0, 0.05) is 30.2 Å². The monoisotopic (exact) mass is 251 g/mol. The van der Waals surface area contributed by atoms with Crippen LogP contribution in [0.15, 0.2) is 17.8 Å². The molecule has 17 heavy (non-hydrogen) atoms. The number of rotatable bonds is 2. The Balaban J connectivity index is 1.76. The Labute approximate surface area is 104 Å². The van der Waals surface area contributed by atoms with Crippen LogP contribution in [0.3, 0.4) is 0 Å². The molecule has 92 valence electrons. The molecule has 0 bridgehead atoms. The molecule has 0 spiro atoms. The van der Waals surface area contributed by atoms with E-state index < -0.39 is 5.60 Å². The van der Waals surface area contributed by atoms with Gasteiger partial charge in [0.05, 0.1) is 11.3 Å². The van der Waals surface area contributed by atoms with Crippen LogP contribution < -0.4 is 5.73 Å². The summed E-state index contributed by atoms with van der Waals surface area (Å²) in [5.41, 5.74) is 6.25. The Morgan fingerprint density at radius 3 is 3.00 bits per heavy atom. The number of nitrogens with two attached hydrogens (primary N) is 1. The van der Waals surface area contributed by atoms with Gasteiger partial charge in [-0.2, -0.15) is 0 Å². The molecule has 0 saturated heterocycles. The first kappa shape index (κ1) is 11.2. The number of thiazole rings is 1. The predicted octanol–water partition coefficient (Wildman–Crippen LogP) is 1.57. The van der Waals surface area contributed by atoms with E-state index in [2.05, 4.69) is 4.98 Å². The summed E-state index contributed by atoms with van der Waals surface area (Å²) in [5, 5.41) is 12.5. The molecule has 1 aliphatic rings. The Kier molecular flexibility index (Phi) is 2.69. The molecule has 1 saturated carbocycles. The maximum atomic E-state index is 10.5. The SMILES string of the molecule is NC1CCC(O)(Cc2cn3ccsc3n2)CC1. The van der Waals surface area contributed by atoms with Crippen LogP contribution in [0.5, 0.6) is 0 Å². The Morgan fingerprint density at radius 1 is 1.53 bits per heavy atom. The van der Waals surface area contributed by atoms with Gasteiger partial charge >= 0.3 is 0 Å². The highest BCUT2D eigenvalue weighted by molar-refractivity contribution is 7.15. The summed E-state index contributed by atoms with van der Waals surface area (Å²) in [6.45, 7) is 0. The Morgan fingerprint density at radius 2 is 2.29 bits per heavy atom. The molecule has 0 unspecified atom stereocenters. The zero-order valence-electron chi connectivity index (χ0n) is 9.67. The zero-order valence-corrected chi connectivity index (χ0v) is 10.5. The van der Waals surface area contributed by atoms with E-state index in [9.17, 15) is 5.11 Å². The van der Waals surface area contributed by atoms with Gasteiger partial charge in [0.1, 0.15) is 0 Å². The highest BCUT2D eigenvalue weighted by Gasteiger charge is 2.32. The summed E-state index contributed by atoms with van der Waals surface area (Å²) in [4.78, 5) is 5.52. The molecule has 2 aromatic rings. The summed E-state index contributed by atoms with van der Waals surface area (Å²) >= 11 is 1.62. The summed E-state index contributed by atoms with van der Waals surface area (Å²) in [7, 11) is 0. The smallest absolute Gasteiger partial charge is 0.193 e. The lowest BCUT2D eigenvalue weighted by molar-refractivity contribution is -0.000487. The molecular weight excluding hydrogens is 234 g/mol. The molecule has 0 aliphatic heterocycles. The van der Waals surface area contributed by atoms with E-state index in [1.54, 1.807) is 11.3 Å². The van der Waals surface area contributed by atoms with Crippen LogP contribution in [0, 0.1) is 0 Å². The normalized spacial score (nSPS) is 29.9. The molecule has 5 heteroatoms. The zero-order chi connectivity index (χ0) is 11.9. The number of aromatic nitrogens is 2. The van der Waals surface area contributed by atoms with Crippen LogP contribution in [-0.4, -0.2) is 26.1 Å². The van der Waals surface area contributed by atoms with E-state index in [0.717, 1.165) is 36.3 Å². The number of imidazole rings is 1. The van der Waals surface area contributed by atoms with Crippen molar-refractivity contribution in [3.8, 4) is 0 Å². The van der Waals surface area contributed by atoms with E-state index in [0.29, 0.717) is 6.42 Å². The quantitative estimate of drug-likeness (QED) is 0.851. The minimum Gasteiger partial charge on any atom is -0.389 e. The summed E-state index contributed by atoms with van der Waals surface area (Å²) in [6, 6.07) is 0.265. The average Bonchev–Trinajstić information content (AvgIpc) is 2.83. The number of hydrogen-bond acceptors (Lipinski definition) is 4. The fourth-order valence-electron chi connectivity index (χ4n) is 2.55. The highest BCUT2D eigenvalue weighted by Crippen LogP contribution is 2.30. The van der Waals surface area contributed by atoms with Crippen molar-refractivity contribution in [2.45, 2.75) is 43.7 Å². The lowest BCUT2D eigenvalue weighted by Crippen LogP contribution is -2.40. The van der Waals surface area contributed by atoms with Gasteiger partial charge in [-0.25, -0.2) is 4.98 Å². The van der Waals surface area contributed by atoms with E-state index in [-0.39, 0.29) is 6.04 Å². The van der Waals surface area contributed by atoms with Gasteiger partial charge in [-0.3, -0.25) is 4.40 Å². The molecule has 0 amide bonds. The molecule has 1 fully saturated rings. The highest BCUT2D eigenvalue weighted by atomic mass is 32.1. The third-order valence-electron chi connectivity index (χ3n) is 3.61. The third kappa shape index (κ3) is 2.22. The minimum absolute atomic E-state index is 0.265. The standard InChI is InChI=1S/C12H17N3OS/c13-9-1-3-12(16,4-2-9)7-10-8-15-5-6-17-11(15)14-10/h5-6,8-9,16H,1-4,7,13H2. The molecule has 0 atom stereocenters. The van der Waals surface area contributed by atoms with Crippen molar-refractivity contribution < 1.29 is 5.11 Å². The number of fused-ring (bicyclic) bond motifs is 1. The number of hydrogen-bond donors (Lipinski definition) is 2. The van der Waals surface area contributed by atoms with Gasteiger partial charge in [0.15, 0.2) is 4.96 Å². The van der Waals surface area contributed by atoms with Gasteiger partial charge in [-0.05, 0) is 25.7 Å². The van der Waals surface area contributed by atoms with Gasteiger partial charge in [-0.15, -0.1) is 11.3 Å². The molecule has 1 aliphatic carbocycles. The van der Waals surface area contributed by atoms with Gasteiger partial charge in [0.2, 0.25) is 0 Å². The van der Waals surface area contributed by atoms with Crippen molar-refractivity contribution in [1.82, 2.24) is 9.38 Å². The van der Waals surface area contributed by atoms with Crippen molar-refractivity contribution >= 4 is 16.3 Å². The second kappa shape index (κ2) is 4.08. The van der Waals surface area contributed by atoms with Gasteiger partial charge in [-0.1, -0.05) is 0 Å². The topological polar surface area (TPSA) is 63.5 Å². The molecule has 3 N–H and O–H groups in total. The average molecular weight is 251 g/mol. The molecule has 2 aromatic heterocycles. The Hall–Kier alpha value is -0.910. The molecular formula is C12H17N3OS. The fourth-order valence-corrected chi connectivity index (χ4v) is 3.27. The van der Waals surface area contributed by atoms with E-state index in [1.165, 1.54) is 0 Å².